The zero-order chi connectivity index (χ0) is 13.8. The van der Waals surface area contributed by atoms with Gasteiger partial charge in [0.1, 0.15) is 0 Å². The van der Waals surface area contributed by atoms with Gasteiger partial charge in [0.15, 0.2) is 0 Å². The molecular formula is C19H26N2. The number of anilines is 1. The summed E-state index contributed by atoms with van der Waals surface area (Å²) in [6.45, 7) is 3.56. The van der Waals surface area contributed by atoms with Crippen molar-refractivity contribution in [3.05, 3.63) is 29.8 Å². The fourth-order valence-corrected chi connectivity index (χ4v) is 5.75. The Morgan fingerprint density at radius 2 is 1.71 bits per heavy atom. The first-order valence-corrected chi connectivity index (χ1v) is 8.98. The van der Waals surface area contributed by atoms with E-state index in [9.17, 15) is 0 Å². The summed E-state index contributed by atoms with van der Waals surface area (Å²) in [5.74, 6) is 4.24. The molecule has 2 nitrogen and oxygen atoms in total. The van der Waals surface area contributed by atoms with Gasteiger partial charge in [-0.3, -0.25) is 0 Å². The molecule has 4 fully saturated rings. The van der Waals surface area contributed by atoms with Gasteiger partial charge in [-0.05, 0) is 67.4 Å². The van der Waals surface area contributed by atoms with Crippen molar-refractivity contribution < 1.29 is 0 Å². The van der Waals surface area contributed by atoms with Gasteiger partial charge in [-0.2, -0.15) is 0 Å². The molecule has 5 rings (SSSR count). The van der Waals surface area contributed by atoms with Gasteiger partial charge < -0.3 is 10.2 Å². The zero-order valence-corrected chi connectivity index (χ0v) is 12.8. The lowest BCUT2D eigenvalue weighted by Gasteiger charge is -2.22. The van der Waals surface area contributed by atoms with Crippen molar-refractivity contribution in [1.82, 2.24) is 5.32 Å². The number of para-hydroxylation sites is 1. The molecule has 3 aliphatic carbocycles. The smallest absolute Gasteiger partial charge is 0.0411 e. The molecule has 2 heteroatoms. The molecule has 3 saturated carbocycles. The molecule has 1 heterocycles. The summed E-state index contributed by atoms with van der Waals surface area (Å²) >= 11 is 0. The van der Waals surface area contributed by atoms with Crippen LogP contribution in [0.15, 0.2) is 24.3 Å². The minimum atomic E-state index is 0.850. The highest BCUT2D eigenvalue weighted by Crippen LogP contribution is 2.65. The second-order valence-electron chi connectivity index (χ2n) is 7.72. The van der Waals surface area contributed by atoms with Crippen LogP contribution in [0.1, 0.15) is 37.7 Å². The molecule has 2 bridgehead atoms. The summed E-state index contributed by atoms with van der Waals surface area (Å²) in [6, 6.07) is 9.90. The SMILES string of the molecule is c1ccc(N2CCCC2)c(CNC2C3C4CCC(C4)C23)c1. The van der Waals surface area contributed by atoms with E-state index in [2.05, 4.69) is 34.5 Å². The highest BCUT2D eigenvalue weighted by atomic mass is 15.1. The second kappa shape index (κ2) is 4.74. The number of nitrogens with zero attached hydrogens (tertiary/aromatic N) is 1. The fourth-order valence-electron chi connectivity index (χ4n) is 5.75. The highest BCUT2D eigenvalue weighted by molar-refractivity contribution is 5.54. The predicted molar refractivity (Wildman–Crippen MR) is 86.3 cm³/mol. The number of hydrogen-bond acceptors (Lipinski definition) is 2. The van der Waals surface area contributed by atoms with E-state index in [0.29, 0.717) is 0 Å². The molecule has 0 aromatic heterocycles. The Morgan fingerprint density at radius 3 is 2.48 bits per heavy atom. The average molecular weight is 282 g/mol. The number of rotatable bonds is 4. The van der Waals surface area contributed by atoms with Crippen LogP contribution < -0.4 is 10.2 Å². The van der Waals surface area contributed by atoms with Crippen molar-refractivity contribution >= 4 is 5.69 Å². The monoisotopic (exact) mass is 282 g/mol. The fraction of sp³-hybridized carbons (Fsp3) is 0.684. The Hall–Kier alpha value is -1.02. The Labute approximate surface area is 127 Å². The minimum absolute atomic E-state index is 0.850. The first-order valence-electron chi connectivity index (χ1n) is 8.98. The molecule has 21 heavy (non-hydrogen) atoms. The van der Waals surface area contributed by atoms with Gasteiger partial charge in [0.25, 0.3) is 0 Å². The first-order chi connectivity index (χ1) is 10.4. The minimum Gasteiger partial charge on any atom is -0.371 e. The predicted octanol–water partition coefficient (Wildman–Crippen LogP) is 3.42. The Morgan fingerprint density at radius 1 is 1.00 bits per heavy atom. The summed E-state index contributed by atoms with van der Waals surface area (Å²) in [5.41, 5.74) is 2.99. The van der Waals surface area contributed by atoms with Gasteiger partial charge >= 0.3 is 0 Å². The van der Waals surface area contributed by atoms with Gasteiger partial charge in [0, 0.05) is 31.4 Å². The van der Waals surface area contributed by atoms with Gasteiger partial charge in [0.05, 0.1) is 0 Å². The van der Waals surface area contributed by atoms with Crippen molar-refractivity contribution in [3.63, 3.8) is 0 Å². The van der Waals surface area contributed by atoms with Crippen molar-refractivity contribution in [2.45, 2.75) is 44.7 Å². The summed E-state index contributed by atoms with van der Waals surface area (Å²) in [7, 11) is 0. The van der Waals surface area contributed by atoms with E-state index in [4.69, 9.17) is 0 Å². The third-order valence-electron chi connectivity index (χ3n) is 6.70. The van der Waals surface area contributed by atoms with E-state index in [1.807, 2.05) is 0 Å². The zero-order valence-electron chi connectivity index (χ0n) is 12.8. The van der Waals surface area contributed by atoms with E-state index < -0.39 is 0 Å². The van der Waals surface area contributed by atoms with Crippen LogP contribution in [0.4, 0.5) is 5.69 Å². The number of nitrogens with one attached hydrogen (secondary N) is 1. The molecule has 1 aromatic carbocycles. The molecule has 4 unspecified atom stereocenters. The molecule has 0 amide bonds. The van der Waals surface area contributed by atoms with Crippen LogP contribution in [0.5, 0.6) is 0 Å². The number of fused-ring (bicyclic) bond motifs is 5. The molecule has 1 saturated heterocycles. The maximum Gasteiger partial charge on any atom is 0.0411 e. The van der Waals surface area contributed by atoms with Crippen LogP contribution >= 0.6 is 0 Å². The van der Waals surface area contributed by atoms with E-state index in [0.717, 1.165) is 36.3 Å². The Kier molecular flexibility index (Phi) is 2.83. The molecule has 1 N–H and O–H groups in total. The molecule has 4 aliphatic rings. The lowest BCUT2D eigenvalue weighted by atomic mass is 10.0. The second-order valence-corrected chi connectivity index (χ2v) is 7.72. The lowest BCUT2D eigenvalue weighted by molar-refractivity contribution is 0.456. The maximum atomic E-state index is 3.91. The normalized spacial score (nSPS) is 39.8. The van der Waals surface area contributed by atoms with Crippen molar-refractivity contribution in [3.8, 4) is 0 Å². The van der Waals surface area contributed by atoms with Crippen LogP contribution in [0.25, 0.3) is 0 Å². The Bertz CT molecular complexity index is 518. The quantitative estimate of drug-likeness (QED) is 0.910. The van der Waals surface area contributed by atoms with Crippen LogP contribution in [0.3, 0.4) is 0 Å². The summed E-state index contributed by atoms with van der Waals surface area (Å²) < 4.78 is 0. The van der Waals surface area contributed by atoms with Crippen molar-refractivity contribution in [2.24, 2.45) is 23.7 Å². The topological polar surface area (TPSA) is 15.3 Å². The molecular weight excluding hydrogens is 256 g/mol. The van der Waals surface area contributed by atoms with Gasteiger partial charge in [-0.25, -0.2) is 0 Å². The van der Waals surface area contributed by atoms with E-state index in [-0.39, 0.29) is 0 Å². The number of hydrogen-bond donors (Lipinski definition) is 1. The molecule has 0 radical (unpaired) electrons. The first kappa shape index (κ1) is 12.5. The summed E-state index contributed by atoms with van der Waals surface area (Å²) in [5, 5.41) is 3.91. The summed E-state index contributed by atoms with van der Waals surface area (Å²) in [6.07, 6.45) is 7.32. The molecule has 1 aliphatic heterocycles. The molecule has 1 aromatic rings. The van der Waals surface area contributed by atoms with E-state index in [1.54, 1.807) is 6.42 Å². The van der Waals surface area contributed by atoms with Crippen molar-refractivity contribution in [1.29, 1.82) is 0 Å². The lowest BCUT2D eigenvalue weighted by Crippen LogP contribution is -2.25. The Balaban J connectivity index is 1.27. The third kappa shape index (κ3) is 1.95. The largest absolute Gasteiger partial charge is 0.371 e. The van der Waals surface area contributed by atoms with E-state index >= 15 is 0 Å². The number of benzene rings is 1. The maximum absolute atomic E-state index is 3.91. The van der Waals surface area contributed by atoms with E-state index in [1.165, 1.54) is 50.0 Å². The van der Waals surface area contributed by atoms with Gasteiger partial charge in [0.2, 0.25) is 0 Å². The molecule has 0 spiro atoms. The average Bonchev–Trinajstić information content (AvgIpc) is 2.99. The van der Waals surface area contributed by atoms with Crippen molar-refractivity contribution in [2.75, 3.05) is 18.0 Å². The standard InChI is InChI=1S/C19H26N2/c1-2-6-16(21-9-3-4-10-21)15(5-1)12-20-19-17-13-7-8-14(11-13)18(17)19/h1-2,5-6,13-14,17-20H,3-4,7-12H2. The molecule has 112 valence electrons. The highest BCUT2D eigenvalue weighted by Gasteiger charge is 2.64. The van der Waals surface area contributed by atoms with Gasteiger partial charge in [-0.1, -0.05) is 18.2 Å². The van der Waals surface area contributed by atoms with Crippen LogP contribution in [-0.4, -0.2) is 19.1 Å². The summed E-state index contributed by atoms with van der Waals surface area (Å²) in [4.78, 5) is 2.58. The van der Waals surface area contributed by atoms with Crippen LogP contribution in [0, 0.1) is 23.7 Å². The van der Waals surface area contributed by atoms with Crippen LogP contribution in [-0.2, 0) is 6.54 Å². The third-order valence-corrected chi connectivity index (χ3v) is 6.70. The van der Waals surface area contributed by atoms with Gasteiger partial charge in [-0.15, -0.1) is 0 Å². The molecule has 4 atom stereocenters. The van der Waals surface area contributed by atoms with Crippen LogP contribution in [0.2, 0.25) is 0 Å².